The number of hydrogen-bond acceptors (Lipinski definition) is 0. The number of fused-ring (bicyclic) bond motifs is 18. The van der Waals surface area contributed by atoms with Crippen molar-refractivity contribution in [3.8, 4) is 0 Å². The number of allylic oxidation sites excluding steroid dienone is 4. The largest absolute Gasteiger partial charge is 0.166 e. The third-order valence-corrected chi connectivity index (χ3v) is 18.8. The molecule has 6 bridgehead atoms. The Balaban J connectivity index is 1.41. The summed E-state index contributed by atoms with van der Waals surface area (Å²) in [5, 5.41) is 0.952. The lowest BCUT2D eigenvalue weighted by molar-refractivity contribution is 0.0869. The van der Waals surface area contributed by atoms with Crippen LogP contribution >= 0.6 is 139 Å². The average Bonchev–Trinajstić information content (AvgIpc) is 3.48. The van der Waals surface area contributed by atoms with E-state index in [-0.39, 0.29) is 67.5 Å². The molecule has 0 aliphatic heterocycles. The van der Waals surface area contributed by atoms with Crippen LogP contribution in [-0.4, -0.2) is 28.2 Å². The van der Waals surface area contributed by atoms with Crippen LogP contribution in [0.5, 0.6) is 0 Å². The second kappa shape index (κ2) is 6.23. The van der Waals surface area contributed by atoms with Gasteiger partial charge in [-0.2, -0.15) is 0 Å². The number of halogens is 12. The first-order chi connectivity index (χ1) is 14.6. The summed E-state index contributed by atoms with van der Waals surface area (Å²) >= 11 is 82.8. The van der Waals surface area contributed by atoms with Crippen molar-refractivity contribution in [2.24, 2.45) is 47.3 Å². The molecule has 0 radical (unpaired) electrons. The van der Waals surface area contributed by atoms with Crippen molar-refractivity contribution < 1.29 is 0 Å². The van der Waals surface area contributed by atoms with Crippen LogP contribution in [0.4, 0.5) is 0 Å². The van der Waals surface area contributed by atoms with E-state index in [1.54, 1.807) is 0 Å². The Labute approximate surface area is 245 Å². The van der Waals surface area contributed by atoms with Crippen molar-refractivity contribution in [2.45, 2.75) is 41.0 Å². The predicted molar refractivity (Wildman–Crippen MR) is 138 cm³/mol. The monoisotopic (exact) mass is 672 g/mol. The average molecular weight is 678 g/mol. The van der Waals surface area contributed by atoms with Gasteiger partial charge in [0.25, 0.3) is 0 Å². The summed E-state index contributed by atoms with van der Waals surface area (Å²) in [6.07, 6.45) is 1.64. The Hall–Kier alpha value is 2.96. The minimum Gasteiger partial charge on any atom is -0.109 e. The molecule has 7 aliphatic rings. The summed E-state index contributed by atoms with van der Waals surface area (Å²) in [5.74, 6) is -0.0294. The highest BCUT2D eigenvalue weighted by molar-refractivity contribution is 6.67. The molecule has 5 fully saturated rings. The Morgan fingerprint density at radius 2 is 0.875 bits per heavy atom. The zero-order valence-corrected chi connectivity index (χ0v) is 24.6. The second-order valence-electron chi connectivity index (χ2n) is 10.5. The van der Waals surface area contributed by atoms with Gasteiger partial charge in [0.15, 0.2) is 8.67 Å². The van der Waals surface area contributed by atoms with Gasteiger partial charge in [-0.05, 0) is 60.2 Å². The molecule has 0 unspecified atom stereocenters. The molecule has 176 valence electrons. The Morgan fingerprint density at radius 3 is 1.41 bits per heavy atom. The van der Waals surface area contributed by atoms with Crippen LogP contribution in [-0.2, 0) is 0 Å². The van der Waals surface area contributed by atoms with Crippen molar-refractivity contribution in [1.82, 2.24) is 0 Å². The first-order valence-electron chi connectivity index (χ1n) is 10.2. The van der Waals surface area contributed by atoms with Crippen molar-refractivity contribution in [1.29, 1.82) is 0 Å². The van der Waals surface area contributed by atoms with Gasteiger partial charge in [0, 0.05) is 0 Å². The maximum Gasteiger partial charge on any atom is 0.166 e. The molecule has 0 nitrogen and oxygen atoms in total. The molecule has 0 saturated heterocycles. The van der Waals surface area contributed by atoms with Crippen LogP contribution in [0.2, 0.25) is 0 Å². The van der Waals surface area contributed by atoms with Gasteiger partial charge in [0.1, 0.15) is 19.5 Å². The van der Waals surface area contributed by atoms with Gasteiger partial charge in [-0.15, -0.1) is 46.4 Å². The van der Waals surface area contributed by atoms with Crippen molar-refractivity contribution in [3.63, 3.8) is 0 Å². The van der Waals surface area contributed by atoms with Crippen molar-refractivity contribution in [2.75, 3.05) is 0 Å². The molecule has 0 spiro atoms. The Morgan fingerprint density at radius 1 is 0.469 bits per heavy atom. The Kier molecular flexibility index (Phi) is 4.68. The van der Waals surface area contributed by atoms with Gasteiger partial charge in [-0.1, -0.05) is 92.8 Å². The van der Waals surface area contributed by atoms with E-state index in [1.165, 1.54) is 0 Å². The normalized spacial score (nSPS) is 64.1. The first-order valence-corrected chi connectivity index (χ1v) is 14.8. The summed E-state index contributed by atoms with van der Waals surface area (Å²) in [5.41, 5.74) is 0. The van der Waals surface area contributed by atoms with E-state index < -0.39 is 28.2 Å². The molecule has 0 N–H and O–H groups in total. The van der Waals surface area contributed by atoms with E-state index in [0.717, 1.165) is 12.8 Å². The van der Waals surface area contributed by atoms with Crippen molar-refractivity contribution in [3.05, 3.63) is 20.1 Å². The molecule has 0 aromatic rings. The lowest BCUT2D eigenvalue weighted by atomic mass is 9.62. The molecule has 0 heterocycles. The minimum absolute atomic E-state index is 0.0844. The molecule has 0 aromatic carbocycles. The topological polar surface area (TPSA) is 0 Å². The predicted octanol–water partition coefficient (Wildman–Crippen LogP) is 9.43. The van der Waals surface area contributed by atoms with E-state index in [4.69, 9.17) is 139 Å². The number of rotatable bonds is 0. The summed E-state index contributed by atoms with van der Waals surface area (Å²) in [6.45, 7) is 0. The zero-order valence-electron chi connectivity index (χ0n) is 15.6. The van der Waals surface area contributed by atoms with Crippen LogP contribution in [0.3, 0.4) is 0 Å². The van der Waals surface area contributed by atoms with Crippen molar-refractivity contribution >= 4 is 139 Å². The van der Waals surface area contributed by atoms with Gasteiger partial charge in [-0.25, -0.2) is 0 Å². The maximum absolute atomic E-state index is 7.23. The molecule has 7 aliphatic carbocycles. The highest BCUT2D eigenvalue weighted by Crippen LogP contribution is 2.89. The minimum atomic E-state index is -1.55. The fourth-order valence-electron chi connectivity index (χ4n) is 9.37. The molecule has 5 saturated carbocycles. The fraction of sp³-hybridized carbons (Fsp3) is 0.800. The van der Waals surface area contributed by atoms with E-state index in [1.807, 2.05) is 0 Å². The lowest BCUT2D eigenvalue weighted by Crippen LogP contribution is -2.51. The fourth-order valence-corrected chi connectivity index (χ4v) is 15.6. The highest BCUT2D eigenvalue weighted by atomic mass is 35.5. The van der Waals surface area contributed by atoms with Gasteiger partial charge < -0.3 is 0 Å². The van der Waals surface area contributed by atoms with Crippen LogP contribution in [0.1, 0.15) is 12.8 Å². The zero-order chi connectivity index (χ0) is 23.3. The van der Waals surface area contributed by atoms with Gasteiger partial charge >= 0.3 is 0 Å². The SMILES string of the molecule is ClC1=C(Cl)[C@@]2(Cl)[C@H]3C[C@@H]4[C@H]5C[C@H]([C@@H]4[C@H]3[C@@]1(Cl)C2(Cl)Cl)[C@H]1[C@@H]5[C@@]2(Cl)C(Cl)=C(Cl)[C@@]1(Cl)C2(Cl)Cl. The van der Waals surface area contributed by atoms with Crippen LogP contribution < -0.4 is 0 Å². The summed E-state index contributed by atoms with van der Waals surface area (Å²) < 4.78 is -3.10. The standard InChI is InChI=1S/C20H12Cl12/c21-11-12(22)18(28)10-6(15(11,25)19(18,29)30)2-3-4-1-5(7(3)10)9-8(4)16(26)13(23)14(24)17(9,27)20(16,31)32/h3-10H,1-2H2/t3-,4-,5-,6+,7-,8-,9+,10+,15+,16-,17-,18+/m1/s1. The van der Waals surface area contributed by atoms with E-state index in [0.29, 0.717) is 0 Å². The molecular weight excluding hydrogens is 666 g/mol. The van der Waals surface area contributed by atoms with E-state index in [9.17, 15) is 0 Å². The third kappa shape index (κ3) is 1.85. The lowest BCUT2D eigenvalue weighted by Gasteiger charge is -2.47. The van der Waals surface area contributed by atoms with E-state index in [2.05, 4.69) is 0 Å². The highest BCUT2D eigenvalue weighted by Gasteiger charge is 2.91. The van der Waals surface area contributed by atoms with Crippen LogP contribution in [0.15, 0.2) is 20.1 Å². The van der Waals surface area contributed by atoms with Crippen LogP contribution in [0.25, 0.3) is 0 Å². The maximum atomic E-state index is 7.23. The third-order valence-electron chi connectivity index (χ3n) is 10.1. The molecule has 12 heteroatoms. The molecule has 32 heavy (non-hydrogen) atoms. The molecule has 0 aromatic heterocycles. The van der Waals surface area contributed by atoms with Crippen LogP contribution in [0, 0.1) is 47.3 Å². The molecular formula is C20H12Cl12. The number of alkyl halides is 8. The summed E-state index contributed by atoms with van der Waals surface area (Å²) in [6, 6.07) is 0. The van der Waals surface area contributed by atoms with Gasteiger partial charge in [-0.3, -0.25) is 0 Å². The molecule has 7 rings (SSSR count). The quantitative estimate of drug-likeness (QED) is 0.177. The van der Waals surface area contributed by atoms with Gasteiger partial charge in [0.2, 0.25) is 0 Å². The smallest absolute Gasteiger partial charge is 0.109 e. The number of hydrogen-bond donors (Lipinski definition) is 0. The van der Waals surface area contributed by atoms with E-state index >= 15 is 0 Å². The summed E-state index contributed by atoms with van der Waals surface area (Å²) in [4.78, 5) is -5.11. The second-order valence-corrected chi connectivity index (χ2v) is 17.0. The molecule has 12 atom stereocenters. The molecule has 0 amide bonds. The Bertz CT molecular complexity index is 1080. The summed E-state index contributed by atoms with van der Waals surface area (Å²) in [7, 11) is 0. The first kappa shape index (κ1) is 24.0. The van der Waals surface area contributed by atoms with Gasteiger partial charge in [0.05, 0.1) is 20.1 Å².